The van der Waals surface area contributed by atoms with Gasteiger partial charge in [-0.25, -0.2) is 22.8 Å². The van der Waals surface area contributed by atoms with E-state index in [2.05, 4.69) is 25.3 Å². The van der Waals surface area contributed by atoms with Crippen LogP contribution in [0.4, 0.5) is 37.4 Å². The molecule has 7 aromatic rings. The number of rotatable bonds is 11. The summed E-state index contributed by atoms with van der Waals surface area (Å²) in [4.78, 5) is 33.9. The molecule has 272 valence electrons. The standard InChI is InChI=1S/C23H18FN3O3S2.C17H15N3OS/c1-15-6-2-3-7-18(15)22(28)20-14-25-23(31-20)26-16-10-12-17(13-11-16)27-32(29,30)21-9-5-4-8-19(21)24;1-11-4-2-3-5-14(11)16(21)15-10-22-17(20-15)19-13-8-6-12(18)7-9-13/h2-14,27H,1H3,(H,25,26);2-10H,18H2,1H3,(H,19,20). The fourth-order valence-electron chi connectivity index (χ4n) is 5.11. The van der Waals surface area contributed by atoms with Crippen LogP contribution in [-0.4, -0.2) is 30.0 Å². The van der Waals surface area contributed by atoms with Gasteiger partial charge in [-0.05, 0) is 85.6 Å². The lowest BCUT2D eigenvalue weighted by molar-refractivity contribution is 0.102. The Kier molecular flexibility index (Phi) is 11.6. The van der Waals surface area contributed by atoms with E-state index < -0.39 is 20.7 Å². The Morgan fingerprint density at radius 1 is 0.685 bits per heavy atom. The molecule has 0 spiro atoms. The molecule has 14 heteroatoms. The molecule has 0 saturated heterocycles. The van der Waals surface area contributed by atoms with E-state index in [-0.39, 0.29) is 17.3 Å². The molecule has 0 aliphatic heterocycles. The van der Waals surface area contributed by atoms with Gasteiger partial charge in [0.2, 0.25) is 11.6 Å². The van der Waals surface area contributed by atoms with E-state index >= 15 is 0 Å². The molecule has 0 aliphatic rings. The third-order valence-electron chi connectivity index (χ3n) is 7.92. The number of nitrogen functional groups attached to an aromatic ring is 1. The summed E-state index contributed by atoms with van der Waals surface area (Å²) in [5, 5.41) is 9.25. The SMILES string of the molecule is Cc1ccccc1C(=O)c1cnc(Nc2ccc(NS(=O)(=O)c3ccccc3F)cc2)s1.Cc1ccccc1C(=O)c1csc(Nc2ccc(N)cc2)n1. The Bertz CT molecular complexity index is 2540. The number of sulfonamides is 1. The van der Waals surface area contributed by atoms with Gasteiger partial charge in [0.05, 0.1) is 11.1 Å². The predicted octanol–water partition coefficient (Wildman–Crippen LogP) is 9.37. The second-order valence-electron chi connectivity index (χ2n) is 11.8. The number of benzene rings is 5. The van der Waals surface area contributed by atoms with Gasteiger partial charge in [0.15, 0.2) is 10.3 Å². The number of nitrogens with one attached hydrogen (secondary N) is 3. The first-order chi connectivity index (χ1) is 26.0. The maximum Gasteiger partial charge on any atom is 0.264 e. The van der Waals surface area contributed by atoms with Gasteiger partial charge >= 0.3 is 0 Å². The van der Waals surface area contributed by atoms with Crippen LogP contribution < -0.4 is 21.1 Å². The smallest absolute Gasteiger partial charge is 0.264 e. The summed E-state index contributed by atoms with van der Waals surface area (Å²) in [7, 11) is -4.05. The number of aromatic nitrogens is 2. The number of ketones is 2. The van der Waals surface area contributed by atoms with E-state index in [1.807, 2.05) is 80.6 Å². The second-order valence-corrected chi connectivity index (χ2v) is 15.4. The van der Waals surface area contributed by atoms with Gasteiger partial charge in [0, 0.05) is 39.3 Å². The highest BCUT2D eigenvalue weighted by atomic mass is 32.2. The lowest BCUT2D eigenvalue weighted by atomic mass is 10.0. The van der Waals surface area contributed by atoms with Crippen LogP contribution in [0.15, 0.2) is 138 Å². The summed E-state index contributed by atoms with van der Waals surface area (Å²) >= 11 is 2.63. The zero-order chi connectivity index (χ0) is 38.2. The highest BCUT2D eigenvalue weighted by Crippen LogP contribution is 2.27. The van der Waals surface area contributed by atoms with Crippen molar-refractivity contribution in [2.24, 2.45) is 0 Å². The molecule has 10 nitrogen and oxygen atoms in total. The zero-order valence-electron chi connectivity index (χ0n) is 28.9. The molecule has 54 heavy (non-hydrogen) atoms. The molecule has 0 atom stereocenters. The Morgan fingerprint density at radius 2 is 1.22 bits per heavy atom. The van der Waals surface area contributed by atoms with Crippen molar-refractivity contribution < 1.29 is 22.4 Å². The van der Waals surface area contributed by atoms with Crippen molar-refractivity contribution in [2.45, 2.75) is 18.7 Å². The van der Waals surface area contributed by atoms with Crippen LogP contribution in [0.3, 0.4) is 0 Å². The molecule has 5 N–H and O–H groups in total. The molecule has 0 radical (unpaired) electrons. The van der Waals surface area contributed by atoms with E-state index in [0.29, 0.717) is 43.3 Å². The summed E-state index contributed by atoms with van der Waals surface area (Å²) in [6.07, 6.45) is 1.53. The minimum Gasteiger partial charge on any atom is -0.399 e. The molecule has 0 saturated carbocycles. The number of halogens is 1. The monoisotopic (exact) mass is 776 g/mol. The average Bonchev–Trinajstić information content (AvgIpc) is 3.84. The predicted molar refractivity (Wildman–Crippen MR) is 215 cm³/mol. The summed E-state index contributed by atoms with van der Waals surface area (Å²) < 4.78 is 41.0. The Morgan fingerprint density at radius 3 is 1.85 bits per heavy atom. The fourth-order valence-corrected chi connectivity index (χ4v) is 7.75. The highest BCUT2D eigenvalue weighted by molar-refractivity contribution is 7.92. The number of aryl methyl sites for hydroxylation is 2. The van der Waals surface area contributed by atoms with Gasteiger partial charge in [-0.1, -0.05) is 72.0 Å². The van der Waals surface area contributed by atoms with Gasteiger partial charge < -0.3 is 16.4 Å². The van der Waals surface area contributed by atoms with Gasteiger partial charge in [-0.2, -0.15) is 0 Å². The zero-order valence-corrected chi connectivity index (χ0v) is 31.4. The number of anilines is 6. The summed E-state index contributed by atoms with van der Waals surface area (Å²) in [5.41, 5.74) is 11.8. The topological polar surface area (TPSA) is 156 Å². The molecule has 5 aromatic carbocycles. The van der Waals surface area contributed by atoms with Crippen molar-refractivity contribution in [1.82, 2.24) is 9.97 Å². The van der Waals surface area contributed by atoms with Crippen LogP contribution in [0.2, 0.25) is 0 Å². The van der Waals surface area contributed by atoms with Crippen LogP contribution in [-0.2, 0) is 10.0 Å². The minimum absolute atomic E-state index is 0.0558. The number of thiazole rings is 2. The molecule has 0 fully saturated rings. The van der Waals surface area contributed by atoms with Crippen LogP contribution in [0.1, 0.15) is 42.4 Å². The first-order valence-corrected chi connectivity index (χ1v) is 19.5. The van der Waals surface area contributed by atoms with Crippen molar-refractivity contribution >= 4 is 77.3 Å². The maximum atomic E-state index is 13.8. The van der Waals surface area contributed by atoms with Crippen LogP contribution in [0, 0.1) is 19.7 Å². The molecular weight excluding hydrogens is 744 g/mol. The average molecular weight is 777 g/mol. The van der Waals surface area contributed by atoms with Crippen LogP contribution >= 0.6 is 22.7 Å². The van der Waals surface area contributed by atoms with E-state index in [4.69, 9.17) is 5.73 Å². The Labute approximate surface area is 319 Å². The van der Waals surface area contributed by atoms with E-state index in [1.54, 1.807) is 35.7 Å². The summed E-state index contributed by atoms with van der Waals surface area (Å²) in [6, 6.07) is 33.9. The number of carbonyl (C=O) groups excluding carboxylic acids is 2. The molecule has 0 amide bonds. The molecular formula is C40H33FN6O4S3. The summed E-state index contributed by atoms with van der Waals surface area (Å²) in [5.74, 6) is -0.968. The molecule has 0 unspecified atom stereocenters. The van der Waals surface area contributed by atoms with Gasteiger partial charge in [0.1, 0.15) is 16.4 Å². The Hall–Kier alpha value is -6.22. The lowest BCUT2D eigenvalue weighted by Gasteiger charge is -2.09. The summed E-state index contributed by atoms with van der Waals surface area (Å²) in [6.45, 7) is 3.81. The third-order valence-corrected chi connectivity index (χ3v) is 11.0. The quantitative estimate of drug-likeness (QED) is 0.0743. The Balaban J connectivity index is 0.000000197. The minimum atomic E-state index is -4.05. The lowest BCUT2D eigenvalue weighted by Crippen LogP contribution is -2.14. The first kappa shape index (κ1) is 37.5. The largest absolute Gasteiger partial charge is 0.399 e. The number of hydrogen-bond donors (Lipinski definition) is 4. The van der Waals surface area contributed by atoms with Crippen molar-refractivity contribution in [1.29, 1.82) is 0 Å². The third kappa shape index (κ3) is 9.22. The molecule has 0 aliphatic carbocycles. The van der Waals surface area contributed by atoms with Gasteiger partial charge in [-0.15, -0.1) is 11.3 Å². The first-order valence-electron chi connectivity index (χ1n) is 16.4. The number of nitrogens with two attached hydrogens (primary N) is 1. The van der Waals surface area contributed by atoms with Crippen molar-refractivity contribution in [3.8, 4) is 0 Å². The molecule has 7 rings (SSSR count). The molecule has 0 bridgehead atoms. The second kappa shape index (κ2) is 16.6. The van der Waals surface area contributed by atoms with Crippen molar-refractivity contribution in [3.63, 3.8) is 0 Å². The van der Waals surface area contributed by atoms with Gasteiger partial charge in [-0.3, -0.25) is 14.3 Å². The number of hydrogen-bond acceptors (Lipinski definition) is 11. The highest BCUT2D eigenvalue weighted by Gasteiger charge is 2.19. The van der Waals surface area contributed by atoms with E-state index in [0.717, 1.165) is 22.9 Å². The fraction of sp³-hybridized carbons (Fsp3) is 0.0500. The van der Waals surface area contributed by atoms with Crippen LogP contribution in [0.25, 0.3) is 0 Å². The molecule has 2 heterocycles. The molecule has 2 aromatic heterocycles. The van der Waals surface area contributed by atoms with Crippen LogP contribution in [0.5, 0.6) is 0 Å². The van der Waals surface area contributed by atoms with E-state index in [9.17, 15) is 22.4 Å². The maximum absolute atomic E-state index is 13.8. The normalized spacial score (nSPS) is 10.9. The van der Waals surface area contributed by atoms with Gasteiger partial charge in [0.25, 0.3) is 10.0 Å². The van der Waals surface area contributed by atoms with E-state index in [1.165, 1.54) is 47.1 Å². The van der Waals surface area contributed by atoms with Crippen molar-refractivity contribution in [3.05, 3.63) is 172 Å². The number of nitrogens with zero attached hydrogens (tertiary/aromatic N) is 2. The van der Waals surface area contributed by atoms with Crippen molar-refractivity contribution in [2.75, 3.05) is 21.1 Å². The number of carbonyl (C=O) groups is 2.